The van der Waals surface area contributed by atoms with E-state index < -0.39 is 0 Å². The summed E-state index contributed by atoms with van der Waals surface area (Å²) in [4.78, 5) is 2.53. The van der Waals surface area contributed by atoms with Gasteiger partial charge in [0.15, 0.2) is 0 Å². The lowest BCUT2D eigenvalue weighted by Gasteiger charge is -2.20. The minimum absolute atomic E-state index is 0.838. The zero-order valence-corrected chi connectivity index (χ0v) is 11.2. The minimum Gasteiger partial charge on any atom is -0.399 e. The molecule has 2 heteroatoms. The number of rotatable bonds is 2. The Morgan fingerprint density at radius 3 is 2.47 bits per heavy atom. The number of nitrogens with two attached hydrogens (primary N) is 1. The maximum atomic E-state index is 5.73. The summed E-state index contributed by atoms with van der Waals surface area (Å²) in [5.41, 5.74) is 10.9. The standard InChI is InChI=1S/C17H20N2/c18-17-9-7-14(8-10-17)12-19-11-3-6-15-4-1-2-5-16(15)13-19/h1-2,4-5,7-10H,3,6,11-13,18H2. The average molecular weight is 252 g/mol. The summed E-state index contributed by atoms with van der Waals surface area (Å²) < 4.78 is 0. The second-order valence-electron chi connectivity index (χ2n) is 5.32. The van der Waals surface area contributed by atoms with E-state index in [-0.39, 0.29) is 0 Å². The first-order valence-corrected chi connectivity index (χ1v) is 6.95. The molecule has 1 aliphatic heterocycles. The topological polar surface area (TPSA) is 29.3 Å². The molecular weight excluding hydrogens is 232 g/mol. The maximum Gasteiger partial charge on any atom is 0.0314 e. The Morgan fingerprint density at radius 2 is 1.68 bits per heavy atom. The van der Waals surface area contributed by atoms with Gasteiger partial charge < -0.3 is 5.73 Å². The molecule has 0 bridgehead atoms. The highest BCUT2D eigenvalue weighted by Crippen LogP contribution is 2.20. The van der Waals surface area contributed by atoms with Gasteiger partial charge in [0.05, 0.1) is 0 Å². The van der Waals surface area contributed by atoms with E-state index in [1.54, 1.807) is 0 Å². The van der Waals surface area contributed by atoms with Crippen LogP contribution in [0.1, 0.15) is 23.1 Å². The summed E-state index contributed by atoms with van der Waals surface area (Å²) in [5.74, 6) is 0. The number of hydrogen-bond acceptors (Lipinski definition) is 2. The summed E-state index contributed by atoms with van der Waals surface area (Å²) in [6.07, 6.45) is 2.44. The fourth-order valence-electron chi connectivity index (χ4n) is 2.78. The van der Waals surface area contributed by atoms with Crippen molar-refractivity contribution < 1.29 is 0 Å². The third-order valence-corrected chi connectivity index (χ3v) is 3.82. The van der Waals surface area contributed by atoms with Gasteiger partial charge in [0.25, 0.3) is 0 Å². The number of anilines is 1. The van der Waals surface area contributed by atoms with E-state index in [1.165, 1.54) is 36.1 Å². The molecule has 0 saturated carbocycles. The van der Waals surface area contributed by atoms with Gasteiger partial charge >= 0.3 is 0 Å². The zero-order valence-electron chi connectivity index (χ0n) is 11.2. The van der Waals surface area contributed by atoms with Gasteiger partial charge in [-0.25, -0.2) is 0 Å². The molecule has 1 aliphatic rings. The fraction of sp³-hybridized carbons (Fsp3) is 0.294. The SMILES string of the molecule is Nc1ccc(CN2CCCc3ccccc3C2)cc1. The van der Waals surface area contributed by atoms with Crippen molar-refractivity contribution in [2.45, 2.75) is 25.9 Å². The average Bonchev–Trinajstić information content (AvgIpc) is 2.63. The van der Waals surface area contributed by atoms with E-state index in [1.807, 2.05) is 12.1 Å². The Morgan fingerprint density at radius 1 is 0.947 bits per heavy atom. The number of fused-ring (bicyclic) bond motifs is 1. The van der Waals surface area contributed by atoms with Gasteiger partial charge in [0, 0.05) is 18.8 Å². The third kappa shape index (κ3) is 2.96. The van der Waals surface area contributed by atoms with Crippen molar-refractivity contribution in [2.24, 2.45) is 0 Å². The molecule has 2 nitrogen and oxygen atoms in total. The number of nitrogen functional groups attached to an aromatic ring is 1. The molecule has 1 heterocycles. The van der Waals surface area contributed by atoms with Gasteiger partial charge in [-0.3, -0.25) is 4.90 Å². The third-order valence-electron chi connectivity index (χ3n) is 3.82. The molecule has 2 aromatic rings. The molecule has 0 spiro atoms. The molecule has 19 heavy (non-hydrogen) atoms. The van der Waals surface area contributed by atoms with Crippen LogP contribution in [0.25, 0.3) is 0 Å². The molecule has 0 unspecified atom stereocenters. The summed E-state index contributed by atoms with van der Waals surface area (Å²) in [5, 5.41) is 0. The molecular formula is C17H20N2. The molecule has 0 aliphatic carbocycles. The van der Waals surface area contributed by atoms with Crippen molar-refractivity contribution in [1.82, 2.24) is 4.90 Å². The van der Waals surface area contributed by atoms with Crippen molar-refractivity contribution in [1.29, 1.82) is 0 Å². The first-order valence-electron chi connectivity index (χ1n) is 6.95. The van der Waals surface area contributed by atoms with E-state index in [9.17, 15) is 0 Å². The van der Waals surface area contributed by atoms with Crippen molar-refractivity contribution in [3.05, 3.63) is 65.2 Å². The maximum absolute atomic E-state index is 5.73. The second kappa shape index (κ2) is 5.45. The molecule has 0 radical (unpaired) electrons. The lowest BCUT2D eigenvalue weighted by molar-refractivity contribution is 0.261. The van der Waals surface area contributed by atoms with Crippen LogP contribution in [-0.2, 0) is 19.5 Å². The Balaban J connectivity index is 1.74. The molecule has 0 fully saturated rings. The number of benzene rings is 2. The first kappa shape index (κ1) is 12.2. The number of hydrogen-bond donors (Lipinski definition) is 1. The highest BCUT2D eigenvalue weighted by molar-refractivity contribution is 5.39. The smallest absolute Gasteiger partial charge is 0.0314 e. The Hall–Kier alpha value is -1.80. The number of nitrogens with zero attached hydrogens (tertiary/aromatic N) is 1. The summed E-state index contributed by atoms with van der Waals surface area (Å²) in [6, 6.07) is 17.1. The van der Waals surface area contributed by atoms with Crippen LogP contribution in [0.2, 0.25) is 0 Å². The van der Waals surface area contributed by atoms with Gasteiger partial charge in [-0.2, -0.15) is 0 Å². The predicted molar refractivity (Wildman–Crippen MR) is 79.7 cm³/mol. The van der Waals surface area contributed by atoms with Crippen LogP contribution < -0.4 is 5.73 Å². The second-order valence-corrected chi connectivity index (χ2v) is 5.32. The van der Waals surface area contributed by atoms with Gasteiger partial charge in [0.2, 0.25) is 0 Å². The normalized spacial score (nSPS) is 15.8. The van der Waals surface area contributed by atoms with Crippen LogP contribution in [0.15, 0.2) is 48.5 Å². The van der Waals surface area contributed by atoms with Crippen molar-refractivity contribution in [3.8, 4) is 0 Å². The van der Waals surface area contributed by atoms with E-state index in [2.05, 4.69) is 41.3 Å². The van der Waals surface area contributed by atoms with E-state index in [0.717, 1.165) is 18.8 Å². The molecule has 0 amide bonds. The highest BCUT2D eigenvalue weighted by atomic mass is 15.1. The van der Waals surface area contributed by atoms with Crippen LogP contribution in [0.3, 0.4) is 0 Å². The Kier molecular flexibility index (Phi) is 3.51. The molecule has 98 valence electrons. The Bertz CT molecular complexity index is 545. The molecule has 0 aromatic heterocycles. The first-order chi connectivity index (χ1) is 9.31. The Labute approximate surface area is 114 Å². The fourth-order valence-corrected chi connectivity index (χ4v) is 2.78. The van der Waals surface area contributed by atoms with Crippen molar-refractivity contribution >= 4 is 5.69 Å². The molecule has 2 aromatic carbocycles. The lowest BCUT2D eigenvalue weighted by Crippen LogP contribution is -2.22. The summed E-state index contributed by atoms with van der Waals surface area (Å²) in [6.45, 7) is 3.23. The predicted octanol–water partition coefficient (Wildman–Crippen LogP) is 3.22. The van der Waals surface area contributed by atoms with Crippen LogP contribution in [0, 0.1) is 0 Å². The van der Waals surface area contributed by atoms with E-state index >= 15 is 0 Å². The van der Waals surface area contributed by atoms with Gasteiger partial charge in [0.1, 0.15) is 0 Å². The minimum atomic E-state index is 0.838. The molecule has 2 N–H and O–H groups in total. The monoisotopic (exact) mass is 252 g/mol. The van der Waals surface area contributed by atoms with Crippen LogP contribution in [-0.4, -0.2) is 11.4 Å². The van der Waals surface area contributed by atoms with Gasteiger partial charge in [-0.05, 0) is 48.2 Å². The molecule has 0 atom stereocenters. The zero-order chi connectivity index (χ0) is 13.1. The van der Waals surface area contributed by atoms with Gasteiger partial charge in [-0.15, -0.1) is 0 Å². The summed E-state index contributed by atoms with van der Waals surface area (Å²) in [7, 11) is 0. The highest BCUT2D eigenvalue weighted by Gasteiger charge is 2.13. The van der Waals surface area contributed by atoms with E-state index in [4.69, 9.17) is 5.73 Å². The van der Waals surface area contributed by atoms with Crippen molar-refractivity contribution in [2.75, 3.05) is 12.3 Å². The van der Waals surface area contributed by atoms with E-state index in [0.29, 0.717) is 0 Å². The number of aryl methyl sites for hydroxylation is 1. The molecule has 0 saturated heterocycles. The van der Waals surface area contributed by atoms with Crippen LogP contribution in [0.4, 0.5) is 5.69 Å². The van der Waals surface area contributed by atoms with Gasteiger partial charge in [-0.1, -0.05) is 36.4 Å². The van der Waals surface area contributed by atoms with Crippen molar-refractivity contribution in [3.63, 3.8) is 0 Å². The van der Waals surface area contributed by atoms with Crippen LogP contribution >= 0.6 is 0 Å². The lowest BCUT2D eigenvalue weighted by atomic mass is 10.0. The molecule has 3 rings (SSSR count). The van der Waals surface area contributed by atoms with Crippen LogP contribution in [0.5, 0.6) is 0 Å². The largest absolute Gasteiger partial charge is 0.399 e. The summed E-state index contributed by atoms with van der Waals surface area (Å²) >= 11 is 0. The quantitative estimate of drug-likeness (QED) is 0.832.